The van der Waals surface area contributed by atoms with Gasteiger partial charge in [-0.3, -0.25) is 10.1 Å². The van der Waals surface area contributed by atoms with Crippen LogP contribution in [0.4, 0.5) is 10.3 Å². The second kappa shape index (κ2) is 9.72. The predicted octanol–water partition coefficient (Wildman–Crippen LogP) is 5.60. The van der Waals surface area contributed by atoms with Crippen LogP contribution in [-0.2, 0) is 11.2 Å². The number of hydrogen-bond donors (Lipinski definition) is 4. The van der Waals surface area contributed by atoms with Crippen molar-refractivity contribution in [2.24, 2.45) is 28.6 Å². The topological polar surface area (TPSA) is 116 Å². The third-order valence-electron chi connectivity index (χ3n) is 11.5. The molecule has 0 spiro atoms. The highest BCUT2D eigenvalue weighted by atomic mass is 19.1. The van der Waals surface area contributed by atoms with Crippen molar-refractivity contribution in [1.29, 1.82) is 0 Å². The van der Waals surface area contributed by atoms with Gasteiger partial charge in [-0.1, -0.05) is 25.5 Å². The molecule has 8 nitrogen and oxygen atoms in total. The molecule has 4 aliphatic rings. The second-order valence-electron chi connectivity index (χ2n) is 13.7. The summed E-state index contributed by atoms with van der Waals surface area (Å²) in [7, 11) is 0. The normalized spacial score (nSPS) is 34.7. The van der Waals surface area contributed by atoms with Crippen LogP contribution in [0.25, 0.3) is 17.8 Å². The first kappa shape index (κ1) is 28.2. The van der Waals surface area contributed by atoms with Gasteiger partial charge in [0.1, 0.15) is 11.4 Å². The van der Waals surface area contributed by atoms with Gasteiger partial charge in [0, 0.05) is 11.1 Å². The number of amides is 1. The number of imidazole rings is 1. The summed E-state index contributed by atoms with van der Waals surface area (Å²) < 4.78 is 15.5. The van der Waals surface area contributed by atoms with Gasteiger partial charge in [-0.25, -0.2) is 14.1 Å². The van der Waals surface area contributed by atoms with Crippen LogP contribution < -0.4 is 5.32 Å². The minimum absolute atomic E-state index is 0.00872. The van der Waals surface area contributed by atoms with E-state index in [0.717, 1.165) is 54.0 Å². The number of aliphatic hydroxyl groups excluding tert-OH is 1. The molecule has 3 aromatic rings. The molecule has 4 N–H and O–H groups in total. The van der Waals surface area contributed by atoms with Crippen molar-refractivity contribution < 1.29 is 19.4 Å². The quantitative estimate of drug-likeness (QED) is 0.318. The lowest BCUT2D eigenvalue weighted by atomic mass is 9.45. The number of rotatable bonds is 4. The Balaban J connectivity index is 1.17. The van der Waals surface area contributed by atoms with Crippen LogP contribution in [0.3, 0.4) is 0 Å². The summed E-state index contributed by atoms with van der Waals surface area (Å²) in [5.41, 5.74) is 3.20. The summed E-state index contributed by atoms with van der Waals surface area (Å²) in [4.78, 5) is 21.3. The lowest BCUT2D eigenvalue weighted by molar-refractivity contribution is -0.177. The number of carbonyl (C=O) groups excluding carboxylic acids is 1. The molecule has 9 heteroatoms. The fourth-order valence-corrected chi connectivity index (χ4v) is 9.41. The summed E-state index contributed by atoms with van der Waals surface area (Å²) in [5.74, 6) is -0.118. The molecule has 4 unspecified atom stereocenters. The smallest absolute Gasteiger partial charge is 0.259 e. The van der Waals surface area contributed by atoms with Crippen molar-refractivity contribution in [3.63, 3.8) is 0 Å². The van der Waals surface area contributed by atoms with Gasteiger partial charge in [0.05, 0.1) is 29.4 Å². The molecule has 0 radical (unpaired) electrons. The molecular weight excluding hydrogens is 545 g/mol. The molecule has 0 bridgehead atoms. The van der Waals surface area contributed by atoms with Crippen molar-refractivity contribution in [2.45, 2.75) is 77.9 Å². The zero-order valence-corrected chi connectivity index (χ0v) is 25.2. The number of anilines is 1. The SMILES string of the molecule is C/C=C\c1nc(NC(=O)[C@@]2(O)CCC3C4CCC5=Cc6c(cnn6-c6ccc(F)cc6)CC5(C)C4[C@@H](O)C[C@]32C)[nH]c1C. The summed E-state index contributed by atoms with van der Waals surface area (Å²) in [6.07, 6.45) is 11.2. The first-order valence-corrected chi connectivity index (χ1v) is 15.4. The average Bonchev–Trinajstić information content (AvgIpc) is 3.60. The average molecular weight is 586 g/mol. The fourth-order valence-electron chi connectivity index (χ4n) is 9.41. The monoisotopic (exact) mass is 585 g/mol. The van der Waals surface area contributed by atoms with Gasteiger partial charge >= 0.3 is 0 Å². The number of H-pyrrole nitrogens is 1. The van der Waals surface area contributed by atoms with Crippen molar-refractivity contribution in [1.82, 2.24) is 19.7 Å². The standard InChI is InChI=1S/C34H40FN5O3/c1-5-6-26-19(2)37-31(38-26)39-30(42)34(43)14-13-25-24-12-7-21-15-27-20(18-36-40(27)23-10-8-22(35)9-11-23)16-32(21,3)29(24)28(41)17-33(25,34)4/h5-6,8-11,15,18,24-25,28-29,41,43H,7,12-14,16-17H2,1-4H3,(H2,37,38,39,42)/b6-5-/t24?,25?,28-,29?,32?,33+,34-/m0/s1. The molecule has 1 aromatic carbocycles. The molecule has 2 heterocycles. The number of aryl methyl sites for hydroxylation is 1. The maximum absolute atomic E-state index is 13.7. The van der Waals surface area contributed by atoms with Crippen molar-refractivity contribution in [3.05, 3.63) is 70.6 Å². The molecule has 3 saturated carbocycles. The number of carbonyl (C=O) groups is 1. The molecular formula is C34H40FN5O3. The van der Waals surface area contributed by atoms with E-state index < -0.39 is 23.0 Å². The molecule has 0 aliphatic heterocycles. The highest BCUT2D eigenvalue weighted by Gasteiger charge is 2.68. The van der Waals surface area contributed by atoms with Crippen LogP contribution in [0.2, 0.25) is 0 Å². The lowest BCUT2D eigenvalue weighted by Gasteiger charge is -2.60. The van der Waals surface area contributed by atoms with Gasteiger partial charge in [0.15, 0.2) is 0 Å². The highest BCUT2D eigenvalue weighted by molar-refractivity contribution is 5.97. The van der Waals surface area contributed by atoms with Crippen LogP contribution >= 0.6 is 0 Å². The van der Waals surface area contributed by atoms with Crippen molar-refractivity contribution in [3.8, 4) is 5.69 Å². The Morgan fingerprint density at radius 2 is 2.00 bits per heavy atom. The Kier molecular flexibility index (Phi) is 6.38. The Labute approximate surface area is 251 Å². The molecule has 7 rings (SSSR count). The van der Waals surface area contributed by atoms with Crippen LogP contribution in [0, 0.1) is 41.3 Å². The van der Waals surface area contributed by atoms with E-state index in [1.807, 2.05) is 43.8 Å². The Morgan fingerprint density at radius 1 is 1.23 bits per heavy atom. The van der Waals surface area contributed by atoms with E-state index in [2.05, 4.69) is 33.4 Å². The van der Waals surface area contributed by atoms with Gasteiger partial charge in [0.2, 0.25) is 5.95 Å². The molecule has 1 amide bonds. The second-order valence-corrected chi connectivity index (χ2v) is 13.7. The third-order valence-corrected chi connectivity index (χ3v) is 11.5. The van der Waals surface area contributed by atoms with Crippen molar-refractivity contribution >= 4 is 24.0 Å². The number of nitrogens with zero attached hydrogens (tertiary/aromatic N) is 3. The van der Waals surface area contributed by atoms with E-state index in [9.17, 15) is 19.4 Å². The number of benzene rings is 1. The summed E-state index contributed by atoms with van der Waals surface area (Å²) in [5, 5.41) is 31.5. The highest BCUT2D eigenvalue weighted by Crippen LogP contribution is 2.67. The Hall–Kier alpha value is -3.56. The van der Waals surface area contributed by atoms with E-state index in [1.165, 1.54) is 17.7 Å². The summed E-state index contributed by atoms with van der Waals surface area (Å²) in [6.45, 7) is 8.08. The van der Waals surface area contributed by atoms with Gasteiger partial charge in [-0.05, 0) is 118 Å². The van der Waals surface area contributed by atoms with Gasteiger partial charge in [-0.15, -0.1) is 0 Å². The molecule has 226 valence electrons. The number of aromatic nitrogens is 4. The molecule has 3 fully saturated rings. The van der Waals surface area contributed by atoms with Gasteiger partial charge in [-0.2, -0.15) is 5.10 Å². The van der Waals surface area contributed by atoms with E-state index in [4.69, 9.17) is 0 Å². The fraction of sp³-hybridized carbons (Fsp3) is 0.500. The molecule has 7 atom stereocenters. The molecule has 2 aromatic heterocycles. The Bertz CT molecular complexity index is 1660. The maximum Gasteiger partial charge on any atom is 0.259 e. The zero-order valence-electron chi connectivity index (χ0n) is 25.2. The minimum atomic E-state index is -1.61. The van der Waals surface area contributed by atoms with Crippen LogP contribution in [0.1, 0.15) is 75.5 Å². The largest absolute Gasteiger partial charge is 0.393 e. The molecule has 43 heavy (non-hydrogen) atoms. The lowest BCUT2D eigenvalue weighted by Crippen LogP contribution is -2.62. The number of fused-ring (bicyclic) bond motifs is 6. The van der Waals surface area contributed by atoms with Crippen LogP contribution in [-0.4, -0.2) is 47.6 Å². The summed E-state index contributed by atoms with van der Waals surface area (Å²) >= 11 is 0. The number of hydrogen-bond acceptors (Lipinski definition) is 5. The predicted molar refractivity (Wildman–Crippen MR) is 163 cm³/mol. The number of allylic oxidation sites excluding steroid dienone is 2. The summed E-state index contributed by atoms with van der Waals surface area (Å²) in [6, 6.07) is 6.37. The number of aromatic amines is 1. The van der Waals surface area contributed by atoms with Gasteiger partial charge in [0.25, 0.3) is 5.91 Å². The maximum atomic E-state index is 13.7. The van der Waals surface area contributed by atoms with Crippen molar-refractivity contribution in [2.75, 3.05) is 5.32 Å². The van der Waals surface area contributed by atoms with E-state index in [-0.39, 0.29) is 29.0 Å². The van der Waals surface area contributed by atoms with E-state index in [0.29, 0.717) is 18.8 Å². The number of halogens is 1. The van der Waals surface area contributed by atoms with Gasteiger partial charge < -0.3 is 15.2 Å². The number of nitrogens with one attached hydrogen (secondary N) is 2. The number of aliphatic hydroxyl groups is 2. The van der Waals surface area contributed by atoms with Crippen LogP contribution in [0.15, 0.2) is 42.1 Å². The third kappa shape index (κ3) is 4.04. The van der Waals surface area contributed by atoms with E-state index >= 15 is 0 Å². The van der Waals surface area contributed by atoms with Crippen LogP contribution in [0.5, 0.6) is 0 Å². The molecule has 4 aliphatic carbocycles. The van der Waals surface area contributed by atoms with E-state index in [1.54, 1.807) is 12.1 Å². The zero-order chi connectivity index (χ0) is 30.3. The minimum Gasteiger partial charge on any atom is -0.393 e. The first-order chi connectivity index (χ1) is 20.5. The first-order valence-electron chi connectivity index (χ1n) is 15.4. The Morgan fingerprint density at radius 3 is 2.74 bits per heavy atom. The molecule has 0 saturated heterocycles.